The summed E-state index contributed by atoms with van der Waals surface area (Å²) in [5.74, 6) is 0.637. The second-order valence-corrected chi connectivity index (χ2v) is 7.77. The van der Waals surface area contributed by atoms with Crippen LogP contribution in [0.5, 0.6) is 5.75 Å². The van der Waals surface area contributed by atoms with Crippen molar-refractivity contribution in [3.8, 4) is 5.75 Å². The van der Waals surface area contributed by atoms with Gasteiger partial charge in [-0.05, 0) is 47.0 Å². The van der Waals surface area contributed by atoms with Crippen molar-refractivity contribution in [1.29, 1.82) is 0 Å². The molecule has 1 N–H and O–H groups in total. The first-order valence-corrected chi connectivity index (χ1v) is 9.88. The Balaban J connectivity index is 1.71. The minimum absolute atomic E-state index is 0.0519. The largest absolute Gasteiger partial charge is 0.497 e. The average Bonchev–Trinajstić information content (AvgIpc) is 2.68. The Labute approximate surface area is 158 Å². The molecule has 0 unspecified atom stereocenters. The third-order valence-corrected chi connectivity index (χ3v) is 6.15. The molecule has 2 aliphatic rings. The van der Waals surface area contributed by atoms with Crippen molar-refractivity contribution < 1.29 is 14.3 Å². The van der Waals surface area contributed by atoms with Crippen LogP contribution in [0.3, 0.4) is 0 Å². The fourth-order valence-corrected chi connectivity index (χ4v) is 4.42. The molecule has 1 aliphatic heterocycles. The van der Waals surface area contributed by atoms with Gasteiger partial charge in [-0.1, -0.05) is 19.3 Å². The number of nitrogens with zero attached hydrogens (tertiary/aromatic N) is 1. The van der Waals surface area contributed by atoms with E-state index in [0.29, 0.717) is 17.9 Å². The van der Waals surface area contributed by atoms with Gasteiger partial charge in [0.2, 0.25) is 0 Å². The number of hydrogen-bond acceptors (Lipinski definition) is 4. The summed E-state index contributed by atoms with van der Waals surface area (Å²) in [6, 6.07) is 5.48. The van der Waals surface area contributed by atoms with Gasteiger partial charge < -0.3 is 14.8 Å². The standard InChI is InChI=1S/C19H27BrN2O3/c1-24-15-5-6-17(20)16(13-15)18(23)21-14-19(7-3-2-4-8-19)22-9-11-25-12-10-22/h5-6,13H,2-4,7-12,14H2,1H3,(H,21,23). The van der Waals surface area contributed by atoms with Gasteiger partial charge in [0.25, 0.3) is 5.91 Å². The average molecular weight is 411 g/mol. The third-order valence-electron chi connectivity index (χ3n) is 5.46. The summed E-state index contributed by atoms with van der Waals surface area (Å²) >= 11 is 3.47. The molecule has 1 aromatic rings. The van der Waals surface area contributed by atoms with Gasteiger partial charge in [-0.3, -0.25) is 9.69 Å². The van der Waals surface area contributed by atoms with Gasteiger partial charge in [0, 0.05) is 29.6 Å². The number of ether oxygens (including phenoxy) is 2. The van der Waals surface area contributed by atoms with Crippen molar-refractivity contribution in [2.75, 3.05) is 40.0 Å². The van der Waals surface area contributed by atoms with Crippen LogP contribution in [0.2, 0.25) is 0 Å². The minimum atomic E-state index is -0.0519. The van der Waals surface area contributed by atoms with E-state index in [1.165, 1.54) is 19.3 Å². The van der Waals surface area contributed by atoms with E-state index < -0.39 is 0 Å². The van der Waals surface area contributed by atoms with Gasteiger partial charge in [-0.2, -0.15) is 0 Å². The third kappa shape index (κ3) is 4.36. The van der Waals surface area contributed by atoms with Gasteiger partial charge in [-0.25, -0.2) is 0 Å². The molecule has 2 fully saturated rings. The van der Waals surface area contributed by atoms with Crippen LogP contribution in [0.25, 0.3) is 0 Å². The maximum atomic E-state index is 12.8. The molecule has 6 heteroatoms. The molecule has 0 spiro atoms. The first-order valence-electron chi connectivity index (χ1n) is 9.09. The Morgan fingerprint density at radius 1 is 1.28 bits per heavy atom. The summed E-state index contributed by atoms with van der Waals surface area (Å²) in [4.78, 5) is 15.3. The highest BCUT2D eigenvalue weighted by atomic mass is 79.9. The van der Waals surface area contributed by atoms with Crippen molar-refractivity contribution in [2.45, 2.75) is 37.6 Å². The van der Waals surface area contributed by atoms with E-state index in [4.69, 9.17) is 9.47 Å². The lowest BCUT2D eigenvalue weighted by Gasteiger charge is -2.48. The Hall–Kier alpha value is -1.11. The van der Waals surface area contributed by atoms with Gasteiger partial charge in [0.05, 0.1) is 25.9 Å². The monoisotopic (exact) mass is 410 g/mol. The van der Waals surface area contributed by atoms with E-state index in [1.807, 2.05) is 12.1 Å². The number of amides is 1. The maximum Gasteiger partial charge on any atom is 0.252 e. The fourth-order valence-electron chi connectivity index (χ4n) is 4.00. The lowest BCUT2D eigenvalue weighted by molar-refractivity contribution is -0.0361. The molecule has 1 aromatic carbocycles. The zero-order chi connectivity index (χ0) is 17.7. The van der Waals surface area contributed by atoms with E-state index in [0.717, 1.165) is 43.6 Å². The highest BCUT2D eigenvalue weighted by Gasteiger charge is 2.38. The normalized spacial score (nSPS) is 20.9. The van der Waals surface area contributed by atoms with Crippen molar-refractivity contribution in [1.82, 2.24) is 10.2 Å². The highest BCUT2D eigenvalue weighted by molar-refractivity contribution is 9.10. The lowest BCUT2D eigenvalue weighted by atomic mass is 9.79. The molecule has 1 amide bonds. The Bertz CT molecular complexity index is 596. The van der Waals surface area contributed by atoms with E-state index in [1.54, 1.807) is 13.2 Å². The van der Waals surface area contributed by atoms with Crippen LogP contribution >= 0.6 is 15.9 Å². The highest BCUT2D eigenvalue weighted by Crippen LogP contribution is 2.34. The van der Waals surface area contributed by atoms with E-state index >= 15 is 0 Å². The molecule has 5 nitrogen and oxygen atoms in total. The maximum absolute atomic E-state index is 12.8. The van der Waals surface area contributed by atoms with Crippen LogP contribution in [0, 0.1) is 0 Å². The molecule has 0 aromatic heterocycles. The van der Waals surface area contributed by atoms with Crippen LogP contribution in [-0.4, -0.2) is 56.3 Å². The van der Waals surface area contributed by atoms with Crippen molar-refractivity contribution in [2.24, 2.45) is 0 Å². The molecule has 25 heavy (non-hydrogen) atoms. The first kappa shape index (κ1) is 18.7. The summed E-state index contributed by atoms with van der Waals surface area (Å²) in [5, 5.41) is 3.19. The number of morpholine rings is 1. The van der Waals surface area contributed by atoms with Crippen molar-refractivity contribution >= 4 is 21.8 Å². The van der Waals surface area contributed by atoms with Gasteiger partial charge in [-0.15, -0.1) is 0 Å². The summed E-state index contributed by atoms with van der Waals surface area (Å²) in [6.45, 7) is 4.18. The molecule has 1 aliphatic carbocycles. The van der Waals surface area contributed by atoms with Crippen LogP contribution in [0.1, 0.15) is 42.5 Å². The van der Waals surface area contributed by atoms with E-state index in [2.05, 4.69) is 26.1 Å². The molecule has 0 bridgehead atoms. The van der Waals surface area contributed by atoms with Crippen molar-refractivity contribution in [3.05, 3.63) is 28.2 Å². The molecule has 0 atom stereocenters. The lowest BCUT2D eigenvalue weighted by Crippen LogP contribution is -2.59. The molecular weight excluding hydrogens is 384 g/mol. The summed E-state index contributed by atoms with van der Waals surface area (Å²) in [7, 11) is 1.61. The summed E-state index contributed by atoms with van der Waals surface area (Å²) in [6.07, 6.45) is 6.05. The molecule has 1 saturated carbocycles. The van der Waals surface area contributed by atoms with Crippen LogP contribution in [-0.2, 0) is 4.74 Å². The second-order valence-electron chi connectivity index (χ2n) is 6.91. The zero-order valence-corrected chi connectivity index (χ0v) is 16.4. The number of nitrogens with one attached hydrogen (secondary N) is 1. The number of benzene rings is 1. The minimum Gasteiger partial charge on any atom is -0.497 e. The Morgan fingerprint density at radius 3 is 2.68 bits per heavy atom. The van der Waals surface area contributed by atoms with E-state index in [-0.39, 0.29) is 11.4 Å². The smallest absolute Gasteiger partial charge is 0.252 e. The number of halogens is 1. The van der Waals surface area contributed by atoms with E-state index in [9.17, 15) is 4.79 Å². The number of carbonyl (C=O) groups excluding carboxylic acids is 1. The number of hydrogen-bond donors (Lipinski definition) is 1. The molecule has 1 saturated heterocycles. The second kappa shape index (κ2) is 8.52. The van der Waals surface area contributed by atoms with Crippen molar-refractivity contribution in [3.63, 3.8) is 0 Å². The first-order chi connectivity index (χ1) is 12.1. The fraction of sp³-hybridized carbons (Fsp3) is 0.632. The molecular formula is C19H27BrN2O3. The van der Waals surface area contributed by atoms with Crippen LogP contribution in [0.4, 0.5) is 0 Å². The van der Waals surface area contributed by atoms with Gasteiger partial charge in [0.1, 0.15) is 5.75 Å². The molecule has 3 rings (SSSR count). The van der Waals surface area contributed by atoms with Gasteiger partial charge in [0.15, 0.2) is 0 Å². The Kier molecular flexibility index (Phi) is 6.36. The van der Waals surface area contributed by atoms with Gasteiger partial charge >= 0.3 is 0 Å². The SMILES string of the molecule is COc1ccc(Br)c(C(=O)NCC2(N3CCOCC3)CCCCC2)c1. The molecule has 138 valence electrons. The Morgan fingerprint density at radius 2 is 2.00 bits per heavy atom. The van der Waals surface area contributed by atoms with Crippen LogP contribution < -0.4 is 10.1 Å². The quantitative estimate of drug-likeness (QED) is 0.809. The number of carbonyl (C=O) groups is 1. The molecule has 0 radical (unpaired) electrons. The predicted octanol–water partition coefficient (Wildman–Crippen LogP) is 3.22. The predicted molar refractivity (Wildman–Crippen MR) is 101 cm³/mol. The summed E-state index contributed by atoms with van der Waals surface area (Å²) < 4.78 is 11.6. The topological polar surface area (TPSA) is 50.8 Å². The number of methoxy groups -OCH3 is 1. The summed E-state index contributed by atoms with van der Waals surface area (Å²) in [5.41, 5.74) is 0.690. The number of rotatable bonds is 5. The zero-order valence-electron chi connectivity index (χ0n) is 14.9. The van der Waals surface area contributed by atoms with Crippen LogP contribution in [0.15, 0.2) is 22.7 Å². The molecule has 1 heterocycles.